The maximum Gasteiger partial charge on any atom is 0.282 e. The standard InChI is InChI=1S/C17H20N2O2S/c1-18-17(12-15-8-4-2-5-9-15)14-19(22(18,20)21)13-16-10-6-3-7-11-16/h2-11,17H,12-14H2,1H3/t17-/m0/s1. The first-order valence-electron chi connectivity index (χ1n) is 7.38. The first kappa shape index (κ1) is 15.2. The van der Waals surface area contributed by atoms with E-state index in [1.807, 2.05) is 60.7 Å². The molecule has 1 heterocycles. The van der Waals surface area contributed by atoms with Crippen molar-refractivity contribution in [1.29, 1.82) is 0 Å². The number of hydrogen-bond donors (Lipinski definition) is 0. The van der Waals surface area contributed by atoms with Crippen LogP contribution in [0.15, 0.2) is 60.7 Å². The third-order valence-electron chi connectivity index (χ3n) is 4.13. The van der Waals surface area contributed by atoms with Crippen LogP contribution in [0.3, 0.4) is 0 Å². The number of benzene rings is 2. The van der Waals surface area contributed by atoms with Crippen molar-refractivity contribution in [2.45, 2.75) is 19.0 Å². The van der Waals surface area contributed by atoms with Crippen molar-refractivity contribution in [1.82, 2.24) is 8.61 Å². The second-order valence-corrected chi connectivity index (χ2v) is 7.63. The number of nitrogens with zero attached hydrogens (tertiary/aromatic N) is 2. The quantitative estimate of drug-likeness (QED) is 0.868. The Morgan fingerprint density at radius 3 is 2.09 bits per heavy atom. The van der Waals surface area contributed by atoms with Gasteiger partial charge < -0.3 is 0 Å². The zero-order chi connectivity index (χ0) is 15.6. The van der Waals surface area contributed by atoms with Crippen LogP contribution < -0.4 is 0 Å². The van der Waals surface area contributed by atoms with Gasteiger partial charge in [0.05, 0.1) is 0 Å². The molecule has 0 spiro atoms. The van der Waals surface area contributed by atoms with Crippen LogP contribution >= 0.6 is 0 Å². The second kappa shape index (κ2) is 6.20. The van der Waals surface area contributed by atoms with Gasteiger partial charge in [-0.1, -0.05) is 60.7 Å². The SMILES string of the molecule is CN1[C@@H](Cc2ccccc2)CN(Cc2ccccc2)S1(=O)=O. The number of hydrogen-bond acceptors (Lipinski definition) is 2. The molecule has 0 aromatic heterocycles. The average molecular weight is 316 g/mol. The average Bonchev–Trinajstić information content (AvgIpc) is 2.73. The van der Waals surface area contributed by atoms with Crippen LogP contribution in [0, 0.1) is 0 Å². The van der Waals surface area contributed by atoms with E-state index in [0.717, 1.165) is 17.5 Å². The molecule has 4 nitrogen and oxygen atoms in total. The highest BCUT2D eigenvalue weighted by atomic mass is 32.2. The second-order valence-electron chi connectivity index (χ2n) is 5.65. The van der Waals surface area contributed by atoms with Crippen molar-refractivity contribution < 1.29 is 8.42 Å². The molecule has 1 saturated heterocycles. The summed E-state index contributed by atoms with van der Waals surface area (Å²) in [5.74, 6) is 0. The molecular formula is C17H20N2O2S. The summed E-state index contributed by atoms with van der Waals surface area (Å²) in [5, 5.41) is 0. The van der Waals surface area contributed by atoms with E-state index in [0.29, 0.717) is 13.1 Å². The van der Waals surface area contributed by atoms with Gasteiger partial charge in [-0.2, -0.15) is 17.0 Å². The fraction of sp³-hybridized carbons (Fsp3) is 0.294. The molecule has 5 heteroatoms. The summed E-state index contributed by atoms with van der Waals surface area (Å²) >= 11 is 0. The molecule has 0 amide bonds. The molecule has 0 unspecified atom stereocenters. The Morgan fingerprint density at radius 1 is 0.955 bits per heavy atom. The summed E-state index contributed by atoms with van der Waals surface area (Å²) in [6.45, 7) is 0.960. The molecule has 0 aliphatic carbocycles. The molecule has 1 aliphatic heterocycles. The van der Waals surface area contributed by atoms with E-state index < -0.39 is 10.2 Å². The normalized spacial score (nSPS) is 22.0. The van der Waals surface area contributed by atoms with Crippen molar-refractivity contribution in [3.8, 4) is 0 Å². The summed E-state index contributed by atoms with van der Waals surface area (Å²) in [6, 6.07) is 19.7. The van der Waals surface area contributed by atoms with Crippen LogP contribution in [0.4, 0.5) is 0 Å². The molecule has 0 bridgehead atoms. The Kier molecular flexibility index (Phi) is 4.29. The van der Waals surface area contributed by atoms with Crippen molar-refractivity contribution >= 4 is 10.2 Å². The Bertz CT molecular complexity index is 717. The van der Waals surface area contributed by atoms with E-state index in [9.17, 15) is 8.42 Å². The lowest BCUT2D eigenvalue weighted by atomic mass is 10.1. The fourth-order valence-corrected chi connectivity index (χ4v) is 4.38. The zero-order valence-electron chi connectivity index (χ0n) is 12.6. The first-order valence-corrected chi connectivity index (χ1v) is 8.78. The van der Waals surface area contributed by atoms with E-state index in [2.05, 4.69) is 0 Å². The van der Waals surface area contributed by atoms with Crippen molar-refractivity contribution in [2.75, 3.05) is 13.6 Å². The van der Waals surface area contributed by atoms with E-state index in [1.54, 1.807) is 11.4 Å². The Balaban J connectivity index is 1.76. The van der Waals surface area contributed by atoms with Crippen LogP contribution in [0.25, 0.3) is 0 Å². The minimum Gasteiger partial charge on any atom is -0.195 e. The summed E-state index contributed by atoms with van der Waals surface area (Å²) < 4.78 is 28.2. The van der Waals surface area contributed by atoms with E-state index in [4.69, 9.17) is 0 Å². The van der Waals surface area contributed by atoms with Gasteiger partial charge >= 0.3 is 0 Å². The van der Waals surface area contributed by atoms with Gasteiger partial charge in [0.25, 0.3) is 10.2 Å². The van der Waals surface area contributed by atoms with E-state index in [1.165, 1.54) is 4.31 Å². The van der Waals surface area contributed by atoms with Crippen LogP contribution in [-0.2, 0) is 23.2 Å². The molecular weight excluding hydrogens is 296 g/mol. The molecule has 116 valence electrons. The fourth-order valence-electron chi connectivity index (χ4n) is 2.83. The summed E-state index contributed by atoms with van der Waals surface area (Å²) in [5.41, 5.74) is 2.18. The van der Waals surface area contributed by atoms with Gasteiger partial charge in [0.2, 0.25) is 0 Å². The monoisotopic (exact) mass is 316 g/mol. The van der Waals surface area contributed by atoms with E-state index >= 15 is 0 Å². The number of rotatable bonds is 4. The summed E-state index contributed by atoms with van der Waals surface area (Å²) in [6.07, 6.45) is 0.738. The zero-order valence-corrected chi connectivity index (χ0v) is 13.4. The molecule has 1 fully saturated rings. The van der Waals surface area contributed by atoms with E-state index in [-0.39, 0.29) is 6.04 Å². The highest BCUT2D eigenvalue weighted by molar-refractivity contribution is 7.87. The lowest BCUT2D eigenvalue weighted by Crippen LogP contribution is -2.33. The molecule has 0 N–H and O–H groups in total. The molecule has 1 aliphatic rings. The molecule has 2 aromatic carbocycles. The lowest BCUT2D eigenvalue weighted by molar-refractivity contribution is 0.381. The predicted molar refractivity (Wildman–Crippen MR) is 87.5 cm³/mol. The molecule has 1 atom stereocenters. The van der Waals surface area contributed by atoms with Gasteiger partial charge in [0.1, 0.15) is 0 Å². The first-order chi connectivity index (χ1) is 10.6. The predicted octanol–water partition coefficient (Wildman–Crippen LogP) is 2.29. The molecule has 0 saturated carbocycles. The number of likely N-dealkylation sites (N-methyl/N-ethyl adjacent to an activating group) is 1. The van der Waals surface area contributed by atoms with Gasteiger partial charge in [-0.15, -0.1) is 0 Å². The van der Waals surface area contributed by atoms with Crippen LogP contribution in [-0.4, -0.2) is 36.7 Å². The largest absolute Gasteiger partial charge is 0.282 e. The Hall–Kier alpha value is -1.69. The Labute approximate surface area is 132 Å². The maximum absolute atomic E-state index is 12.5. The highest BCUT2D eigenvalue weighted by Crippen LogP contribution is 2.25. The van der Waals surface area contributed by atoms with Gasteiger partial charge in [-0.25, -0.2) is 0 Å². The molecule has 0 radical (unpaired) electrons. The van der Waals surface area contributed by atoms with Crippen LogP contribution in [0.2, 0.25) is 0 Å². The highest BCUT2D eigenvalue weighted by Gasteiger charge is 2.41. The Morgan fingerprint density at radius 2 is 1.50 bits per heavy atom. The maximum atomic E-state index is 12.5. The minimum absolute atomic E-state index is 0.0175. The summed E-state index contributed by atoms with van der Waals surface area (Å²) in [4.78, 5) is 0. The molecule has 22 heavy (non-hydrogen) atoms. The molecule has 3 rings (SSSR count). The third-order valence-corrected chi connectivity index (χ3v) is 6.09. The van der Waals surface area contributed by atoms with Gasteiger partial charge in [0.15, 0.2) is 0 Å². The lowest BCUT2D eigenvalue weighted by Gasteiger charge is -2.17. The van der Waals surface area contributed by atoms with Crippen molar-refractivity contribution in [3.63, 3.8) is 0 Å². The van der Waals surface area contributed by atoms with Gasteiger partial charge in [-0.3, -0.25) is 0 Å². The van der Waals surface area contributed by atoms with Crippen molar-refractivity contribution in [3.05, 3.63) is 71.8 Å². The smallest absolute Gasteiger partial charge is 0.195 e. The van der Waals surface area contributed by atoms with Crippen LogP contribution in [0.1, 0.15) is 11.1 Å². The van der Waals surface area contributed by atoms with Crippen molar-refractivity contribution in [2.24, 2.45) is 0 Å². The van der Waals surface area contributed by atoms with Gasteiger partial charge in [0, 0.05) is 26.2 Å². The molecule has 2 aromatic rings. The summed E-state index contributed by atoms with van der Waals surface area (Å²) in [7, 11) is -1.69. The third kappa shape index (κ3) is 3.06. The topological polar surface area (TPSA) is 40.6 Å². The van der Waals surface area contributed by atoms with Crippen LogP contribution in [0.5, 0.6) is 0 Å². The minimum atomic E-state index is -3.37. The van der Waals surface area contributed by atoms with Gasteiger partial charge in [-0.05, 0) is 17.5 Å².